The molecular formula is C8H9F2N. The fraction of sp³-hybridized carbons (Fsp3) is 0.125. The Morgan fingerprint density at radius 3 is 2.73 bits per heavy atom. The van der Waals surface area contributed by atoms with Crippen molar-refractivity contribution in [1.29, 1.82) is 0 Å². The second-order valence-electron chi connectivity index (χ2n) is 2.23. The highest BCUT2D eigenvalue weighted by molar-refractivity contribution is 5.17. The molecule has 0 aliphatic heterocycles. The fourth-order valence-corrected chi connectivity index (χ4v) is 0.855. The molecule has 60 valence electrons. The lowest BCUT2D eigenvalue weighted by Crippen LogP contribution is -2.75. The number of quaternary nitrogens is 1. The van der Waals surface area contributed by atoms with Gasteiger partial charge in [0, 0.05) is 5.56 Å². The number of rotatable bonds is 2. The lowest BCUT2D eigenvalue weighted by atomic mass is 10.2. The zero-order valence-corrected chi connectivity index (χ0v) is 5.98. The van der Waals surface area contributed by atoms with Crippen LogP contribution in [0.15, 0.2) is 18.2 Å². The third-order valence-electron chi connectivity index (χ3n) is 1.37. The van der Waals surface area contributed by atoms with Gasteiger partial charge < -0.3 is 5.32 Å². The van der Waals surface area contributed by atoms with Gasteiger partial charge in [-0.2, -0.15) is 7.05 Å². The Balaban J connectivity index is 2.93. The van der Waals surface area contributed by atoms with E-state index in [0.717, 1.165) is 12.1 Å². The van der Waals surface area contributed by atoms with Gasteiger partial charge in [0.05, 0.1) is 6.54 Å². The number of benzene rings is 1. The molecule has 0 saturated heterocycles. The van der Waals surface area contributed by atoms with E-state index < -0.39 is 5.82 Å². The van der Waals surface area contributed by atoms with E-state index in [4.69, 9.17) is 0 Å². The van der Waals surface area contributed by atoms with E-state index in [1.54, 1.807) is 0 Å². The Labute approximate surface area is 64.0 Å². The van der Waals surface area contributed by atoms with Crippen molar-refractivity contribution in [3.63, 3.8) is 0 Å². The molecule has 0 radical (unpaired) electrons. The van der Waals surface area contributed by atoms with Gasteiger partial charge in [-0.05, 0) is 18.2 Å². The van der Waals surface area contributed by atoms with Crippen molar-refractivity contribution < 1.29 is 14.1 Å². The molecule has 11 heavy (non-hydrogen) atoms. The standard InChI is InChI=1S/C8H9F2N/c1-11-5-6-4-7(9)2-3-8(6)10/h2-4H,1,5,11H2. The van der Waals surface area contributed by atoms with E-state index >= 15 is 0 Å². The molecule has 0 aliphatic rings. The second-order valence-corrected chi connectivity index (χ2v) is 2.23. The molecule has 0 amide bonds. The number of hydrogen-bond donors (Lipinski definition) is 1. The SMILES string of the molecule is [CH2-][NH2+]Cc1cc(F)ccc1F. The predicted octanol–water partition coefficient (Wildman–Crippen LogP) is 0.820. The molecule has 0 aliphatic carbocycles. The molecule has 0 heterocycles. The summed E-state index contributed by atoms with van der Waals surface area (Å²) < 4.78 is 25.2. The van der Waals surface area contributed by atoms with Gasteiger partial charge in [-0.25, -0.2) is 8.78 Å². The van der Waals surface area contributed by atoms with Crippen LogP contribution in [-0.4, -0.2) is 0 Å². The van der Waals surface area contributed by atoms with Crippen LogP contribution in [0.5, 0.6) is 0 Å². The first kappa shape index (κ1) is 8.14. The lowest BCUT2D eigenvalue weighted by molar-refractivity contribution is -0.612. The van der Waals surface area contributed by atoms with Crippen LogP contribution in [0.25, 0.3) is 0 Å². The van der Waals surface area contributed by atoms with Crippen molar-refractivity contribution in [2.24, 2.45) is 0 Å². The fourth-order valence-electron chi connectivity index (χ4n) is 0.855. The van der Waals surface area contributed by atoms with Gasteiger partial charge in [0.2, 0.25) is 0 Å². The van der Waals surface area contributed by atoms with Crippen molar-refractivity contribution in [2.75, 3.05) is 0 Å². The highest BCUT2D eigenvalue weighted by Crippen LogP contribution is 2.07. The molecule has 0 spiro atoms. The molecule has 2 N–H and O–H groups in total. The van der Waals surface area contributed by atoms with Gasteiger partial charge in [0.15, 0.2) is 0 Å². The summed E-state index contributed by atoms with van der Waals surface area (Å²) in [5.41, 5.74) is 0.347. The van der Waals surface area contributed by atoms with E-state index in [9.17, 15) is 8.78 Å². The third kappa shape index (κ3) is 1.98. The minimum Gasteiger partial charge on any atom is -0.475 e. The maximum absolute atomic E-state index is 12.7. The van der Waals surface area contributed by atoms with Gasteiger partial charge in [-0.1, -0.05) is 0 Å². The molecule has 0 saturated carbocycles. The zero-order chi connectivity index (χ0) is 8.27. The van der Waals surface area contributed by atoms with E-state index in [2.05, 4.69) is 7.05 Å². The molecule has 0 aromatic heterocycles. The first-order valence-corrected chi connectivity index (χ1v) is 3.29. The summed E-state index contributed by atoms with van der Waals surface area (Å²) in [7, 11) is 3.44. The summed E-state index contributed by atoms with van der Waals surface area (Å²) in [4.78, 5) is 0. The Bertz CT molecular complexity index is 248. The normalized spacial score (nSPS) is 10.1. The summed E-state index contributed by atoms with van der Waals surface area (Å²) in [6.45, 7) is 0.365. The minimum atomic E-state index is -0.414. The molecule has 1 aromatic carbocycles. The molecule has 1 nitrogen and oxygen atoms in total. The summed E-state index contributed by atoms with van der Waals surface area (Å²) in [6.07, 6.45) is 0. The molecule has 1 aromatic rings. The van der Waals surface area contributed by atoms with Gasteiger partial charge >= 0.3 is 0 Å². The van der Waals surface area contributed by atoms with E-state index in [-0.39, 0.29) is 5.82 Å². The molecule has 0 atom stereocenters. The maximum atomic E-state index is 12.7. The van der Waals surface area contributed by atoms with Crippen molar-refractivity contribution >= 4 is 0 Å². The molecule has 1 rings (SSSR count). The smallest absolute Gasteiger partial charge is 0.132 e. The third-order valence-corrected chi connectivity index (χ3v) is 1.37. The second kappa shape index (κ2) is 3.44. The Kier molecular flexibility index (Phi) is 2.54. The van der Waals surface area contributed by atoms with Crippen LogP contribution in [0.1, 0.15) is 5.56 Å². The highest BCUT2D eigenvalue weighted by Gasteiger charge is 2.02. The number of halogens is 2. The predicted molar refractivity (Wildman–Crippen MR) is 37.3 cm³/mol. The van der Waals surface area contributed by atoms with Gasteiger partial charge in [-0.3, -0.25) is 0 Å². The summed E-state index contributed by atoms with van der Waals surface area (Å²) >= 11 is 0. The summed E-state index contributed by atoms with van der Waals surface area (Å²) in [6, 6.07) is 3.40. The summed E-state index contributed by atoms with van der Waals surface area (Å²) in [5, 5.41) is 1.54. The van der Waals surface area contributed by atoms with Crippen LogP contribution < -0.4 is 5.32 Å². The molecule has 0 unspecified atom stereocenters. The van der Waals surface area contributed by atoms with Crippen LogP contribution in [0.4, 0.5) is 8.78 Å². The maximum Gasteiger partial charge on any atom is 0.132 e. The first-order valence-electron chi connectivity index (χ1n) is 3.29. The Morgan fingerprint density at radius 1 is 1.36 bits per heavy atom. The van der Waals surface area contributed by atoms with Crippen LogP contribution in [-0.2, 0) is 6.54 Å². The van der Waals surface area contributed by atoms with Crippen molar-refractivity contribution in [2.45, 2.75) is 6.54 Å². The first-order chi connectivity index (χ1) is 5.24. The average molecular weight is 157 g/mol. The van der Waals surface area contributed by atoms with Gasteiger partial charge in [-0.15, -0.1) is 0 Å². The van der Waals surface area contributed by atoms with Crippen molar-refractivity contribution in [3.05, 3.63) is 42.4 Å². The van der Waals surface area contributed by atoms with Gasteiger partial charge in [0.1, 0.15) is 11.6 Å². The Morgan fingerprint density at radius 2 is 2.09 bits per heavy atom. The van der Waals surface area contributed by atoms with Crippen molar-refractivity contribution in [1.82, 2.24) is 0 Å². The van der Waals surface area contributed by atoms with Gasteiger partial charge in [0.25, 0.3) is 0 Å². The molecule has 3 heteroatoms. The molecular weight excluding hydrogens is 148 g/mol. The topological polar surface area (TPSA) is 16.6 Å². The highest BCUT2D eigenvalue weighted by atomic mass is 19.1. The van der Waals surface area contributed by atoms with Crippen LogP contribution in [0.2, 0.25) is 0 Å². The van der Waals surface area contributed by atoms with Crippen LogP contribution in [0, 0.1) is 18.7 Å². The molecule has 0 fully saturated rings. The van der Waals surface area contributed by atoms with Crippen molar-refractivity contribution in [3.8, 4) is 0 Å². The van der Waals surface area contributed by atoms with Crippen LogP contribution in [0.3, 0.4) is 0 Å². The van der Waals surface area contributed by atoms with E-state index in [1.807, 2.05) is 0 Å². The van der Waals surface area contributed by atoms with E-state index in [1.165, 1.54) is 11.4 Å². The quantitative estimate of drug-likeness (QED) is 0.612. The zero-order valence-electron chi connectivity index (χ0n) is 5.98. The van der Waals surface area contributed by atoms with E-state index in [0.29, 0.717) is 12.1 Å². The lowest BCUT2D eigenvalue weighted by Gasteiger charge is -2.01. The average Bonchev–Trinajstić information content (AvgIpc) is 1.98. The molecule has 0 bridgehead atoms. The number of hydrogen-bond acceptors (Lipinski definition) is 0. The monoisotopic (exact) mass is 157 g/mol. The Hall–Kier alpha value is -0.960. The number of nitrogens with two attached hydrogens (primary N) is 1. The summed E-state index contributed by atoms with van der Waals surface area (Å²) in [5.74, 6) is -0.797. The van der Waals surface area contributed by atoms with Crippen LogP contribution >= 0.6 is 0 Å². The minimum absolute atomic E-state index is 0.347. The largest absolute Gasteiger partial charge is 0.475 e.